The minimum absolute atomic E-state index is 0.163. The fourth-order valence-electron chi connectivity index (χ4n) is 5.78. The van der Waals surface area contributed by atoms with Crippen LogP contribution in [-0.4, -0.2) is 36.3 Å². The first kappa shape index (κ1) is 21.8. The first-order valence-electron chi connectivity index (χ1n) is 12.5. The fraction of sp³-hybridized carbons (Fsp3) is 0.226. The predicted molar refractivity (Wildman–Crippen MR) is 140 cm³/mol. The van der Waals surface area contributed by atoms with Gasteiger partial charge in [-0.15, -0.1) is 0 Å². The van der Waals surface area contributed by atoms with Crippen LogP contribution in [0.3, 0.4) is 0 Å². The second-order valence-corrected chi connectivity index (χ2v) is 9.51. The number of amides is 2. The van der Waals surface area contributed by atoms with Crippen molar-refractivity contribution in [1.82, 2.24) is 10.2 Å². The highest BCUT2D eigenvalue weighted by molar-refractivity contribution is 6.21. The van der Waals surface area contributed by atoms with Gasteiger partial charge in [-0.05, 0) is 71.7 Å². The number of rotatable bonds is 4. The van der Waals surface area contributed by atoms with Crippen molar-refractivity contribution in [1.29, 1.82) is 0 Å². The van der Waals surface area contributed by atoms with Gasteiger partial charge in [0.1, 0.15) is 0 Å². The lowest BCUT2D eigenvalue weighted by atomic mass is 9.80. The Labute approximate surface area is 206 Å². The third-order valence-corrected chi connectivity index (χ3v) is 7.49. The second-order valence-electron chi connectivity index (χ2n) is 9.51. The van der Waals surface area contributed by atoms with Crippen molar-refractivity contribution in [2.45, 2.75) is 19.3 Å². The summed E-state index contributed by atoms with van der Waals surface area (Å²) in [6.45, 7) is 2.34. The third-order valence-electron chi connectivity index (χ3n) is 7.49. The van der Waals surface area contributed by atoms with Crippen LogP contribution in [0.15, 0.2) is 78.4 Å². The van der Waals surface area contributed by atoms with Gasteiger partial charge in [-0.25, -0.2) is 0 Å². The number of piperidine rings is 1. The number of benzene rings is 3. The maximum Gasteiger partial charge on any atom is 0.261 e. The zero-order chi connectivity index (χ0) is 23.8. The molecule has 1 atom stereocenters. The lowest BCUT2D eigenvalue weighted by molar-refractivity contribution is 0.0650. The van der Waals surface area contributed by atoms with Crippen LogP contribution in [0.2, 0.25) is 0 Å². The summed E-state index contributed by atoms with van der Waals surface area (Å²) in [6, 6.07) is 24.4. The van der Waals surface area contributed by atoms with Gasteiger partial charge in [0.2, 0.25) is 0 Å². The van der Waals surface area contributed by atoms with Gasteiger partial charge in [-0.2, -0.15) is 0 Å². The zero-order valence-electron chi connectivity index (χ0n) is 19.7. The Bertz CT molecular complexity index is 1300. The molecule has 4 nitrogen and oxygen atoms in total. The molecule has 0 bridgehead atoms. The number of nitrogens with zero attached hydrogens (tertiary/aromatic N) is 1. The van der Waals surface area contributed by atoms with Gasteiger partial charge >= 0.3 is 0 Å². The highest BCUT2D eigenvalue weighted by atomic mass is 16.2. The SMILES string of the molecule is O=C1c2ccccc2C(=O)N1CCCC1CNCCC1=C1c2ccccc2C=Cc2ccccc21. The van der Waals surface area contributed by atoms with E-state index in [-0.39, 0.29) is 11.8 Å². The minimum atomic E-state index is -0.163. The van der Waals surface area contributed by atoms with E-state index in [0.29, 0.717) is 23.6 Å². The first-order valence-corrected chi connectivity index (χ1v) is 12.5. The van der Waals surface area contributed by atoms with E-state index in [2.05, 4.69) is 66.0 Å². The van der Waals surface area contributed by atoms with Crippen LogP contribution in [0.25, 0.3) is 17.7 Å². The Morgan fingerprint density at radius 1 is 0.743 bits per heavy atom. The van der Waals surface area contributed by atoms with Crippen LogP contribution in [0.1, 0.15) is 62.2 Å². The van der Waals surface area contributed by atoms with Crippen molar-refractivity contribution in [3.63, 3.8) is 0 Å². The number of carbonyl (C=O) groups is 2. The molecule has 1 saturated heterocycles. The van der Waals surface area contributed by atoms with Gasteiger partial charge in [-0.1, -0.05) is 78.4 Å². The molecule has 1 N–H and O–H groups in total. The van der Waals surface area contributed by atoms with Crippen LogP contribution in [0.4, 0.5) is 0 Å². The zero-order valence-corrected chi connectivity index (χ0v) is 19.7. The number of imide groups is 1. The standard InChI is InChI=1S/C31H28N2O2/c34-30-27-13-5-6-14-28(27)31(35)33(30)19-7-10-23-20-32-18-17-26(23)29-24-11-3-1-8-21(24)15-16-22-9-2-4-12-25(22)29/h1-6,8-9,11-16,23,32H,7,10,17-20H2. The number of fused-ring (bicyclic) bond motifs is 3. The molecule has 1 aliphatic carbocycles. The lowest BCUT2D eigenvalue weighted by Crippen LogP contribution is -2.34. The van der Waals surface area contributed by atoms with E-state index in [9.17, 15) is 9.59 Å². The van der Waals surface area contributed by atoms with Crippen LogP contribution >= 0.6 is 0 Å². The van der Waals surface area contributed by atoms with Crippen LogP contribution in [0.5, 0.6) is 0 Å². The quantitative estimate of drug-likeness (QED) is 0.400. The molecule has 174 valence electrons. The first-order chi connectivity index (χ1) is 17.2. The average Bonchev–Trinajstić information content (AvgIpc) is 3.04. The maximum absolute atomic E-state index is 12.8. The van der Waals surface area contributed by atoms with Crippen LogP contribution < -0.4 is 5.32 Å². The van der Waals surface area contributed by atoms with E-state index in [4.69, 9.17) is 0 Å². The molecule has 35 heavy (non-hydrogen) atoms. The Morgan fingerprint density at radius 3 is 1.89 bits per heavy atom. The summed E-state index contributed by atoms with van der Waals surface area (Å²) in [7, 11) is 0. The summed E-state index contributed by atoms with van der Waals surface area (Å²) >= 11 is 0. The molecular weight excluding hydrogens is 432 g/mol. The number of hydrogen-bond donors (Lipinski definition) is 1. The Hall–Kier alpha value is -3.76. The van der Waals surface area contributed by atoms with E-state index in [1.54, 1.807) is 12.1 Å². The highest BCUT2D eigenvalue weighted by Gasteiger charge is 2.35. The third kappa shape index (κ3) is 3.84. The largest absolute Gasteiger partial charge is 0.316 e. The van der Waals surface area contributed by atoms with Crippen LogP contribution in [0, 0.1) is 5.92 Å². The van der Waals surface area contributed by atoms with E-state index >= 15 is 0 Å². The molecule has 0 spiro atoms. The Kier molecular flexibility index (Phi) is 5.67. The van der Waals surface area contributed by atoms with Crippen molar-refractivity contribution >= 4 is 29.5 Å². The minimum Gasteiger partial charge on any atom is -0.316 e. The monoisotopic (exact) mass is 460 g/mol. The van der Waals surface area contributed by atoms with E-state index in [1.807, 2.05) is 12.1 Å². The number of nitrogens with one attached hydrogen (secondary N) is 1. The van der Waals surface area contributed by atoms with E-state index in [1.165, 1.54) is 38.3 Å². The van der Waals surface area contributed by atoms with Gasteiger partial charge in [0.25, 0.3) is 11.8 Å². The molecule has 3 aromatic carbocycles. The van der Waals surface area contributed by atoms with Gasteiger partial charge in [-0.3, -0.25) is 14.5 Å². The molecule has 3 aromatic rings. The summed E-state index contributed by atoms with van der Waals surface area (Å²) in [6.07, 6.45) is 7.16. The molecule has 2 heterocycles. The number of carbonyl (C=O) groups excluding carboxylic acids is 2. The summed E-state index contributed by atoms with van der Waals surface area (Å²) in [5.74, 6) is 0.0282. The molecule has 1 unspecified atom stereocenters. The molecule has 1 fully saturated rings. The molecule has 2 aliphatic heterocycles. The average molecular weight is 461 g/mol. The fourth-order valence-corrected chi connectivity index (χ4v) is 5.78. The number of hydrogen-bond acceptors (Lipinski definition) is 3. The molecule has 3 aliphatic rings. The molecule has 2 amide bonds. The Morgan fingerprint density at radius 2 is 1.29 bits per heavy atom. The predicted octanol–water partition coefficient (Wildman–Crippen LogP) is 5.66. The van der Waals surface area contributed by atoms with E-state index < -0.39 is 0 Å². The van der Waals surface area contributed by atoms with Crippen molar-refractivity contribution in [3.05, 3.63) is 112 Å². The molecule has 6 rings (SSSR count). The highest BCUT2D eigenvalue weighted by Crippen LogP contribution is 2.40. The van der Waals surface area contributed by atoms with Crippen molar-refractivity contribution < 1.29 is 9.59 Å². The van der Waals surface area contributed by atoms with Crippen molar-refractivity contribution in [3.8, 4) is 0 Å². The van der Waals surface area contributed by atoms with Crippen molar-refractivity contribution in [2.24, 2.45) is 5.92 Å². The van der Waals surface area contributed by atoms with Gasteiger partial charge < -0.3 is 5.32 Å². The van der Waals surface area contributed by atoms with Gasteiger partial charge in [0.15, 0.2) is 0 Å². The normalized spacial score (nSPS) is 18.9. The molecule has 0 radical (unpaired) electrons. The summed E-state index contributed by atoms with van der Waals surface area (Å²) in [5, 5.41) is 3.58. The van der Waals surface area contributed by atoms with Crippen LogP contribution in [-0.2, 0) is 0 Å². The summed E-state index contributed by atoms with van der Waals surface area (Å²) < 4.78 is 0. The van der Waals surface area contributed by atoms with Crippen molar-refractivity contribution in [2.75, 3.05) is 19.6 Å². The smallest absolute Gasteiger partial charge is 0.261 e. The second kappa shape index (κ2) is 9.12. The van der Waals surface area contributed by atoms with Gasteiger partial charge in [0, 0.05) is 13.1 Å². The molecule has 0 aromatic heterocycles. The maximum atomic E-state index is 12.8. The lowest BCUT2D eigenvalue weighted by Gasteiger charge is -2.30. The Balaban J connectivity index is 1.30. The van der Waals surface area contributed by atoms with Gasteiger partial charge in [0.05, 0.1) is 11.1 Å². The molecule has 0 saturated carbocycles. The van der Waals surface area contributed by atoms with E-state index in [0.717, 1.165) is 32.4 Å². The molecule has 4 heteroatoms. The molecular formula is C31H28N2O2. The summed E-state index contributed by atoms with van der Waals surface area (Å²) in [4.78, 5) is 27.0. The topological polar surface area (TPSA) is 49.4 Å². The summed E-state index contributed by atoms with van der Waals surface area (Å²) in [5.41, 5.74) is 8.96.